The molecule has 1 spiro atoms. The van der Waals surface area contributed by atoms with E-state index in [4.69, 9.17) is 9.15 Å². The van der Waals surface area contributed by atoms with Gasteiger partial charge in [-0.1, -0.05) is 0 Å². The predicted octanol–water partition coefficient (Wildman–Crippen LogP) is 2.74. The van der Waals surface area contributed by atoms with Crippen LogP contribution in [-0.4, -0.2) is 48.3 Å². The molecule has 1 N–H and O–H groups in total. The van der Waals surface area contributed by atoms with Crippen LogP contribution in [0.15, 0.2) is 28.7 Å². The second-order valence-electron chi connectivity index (χ2n) is 7.11. The second kappa shape index (κ2) is 5.60. The number of aliphatic hydroxyl groups excluding tert-OH is 1. The van der Waals surface area contributed by atoms with Crippen LogP contribution in [0.4, 0.5) is 0 Å². The standard InChI is InChI=1S/C19H23NO4/c1-12-9-14-10-13(3-4-15(14)24-12)18(22)20-7-5-19(6-8-20)16(21)11-17(19)23-2/h3-4,9-10,16-17,21H,5-8,11H2,1-2H3/t16-,17+/m1/s1. The van der Waals surface area contributed by atoms with Crippen molar-refractivity contribution in [2.24, 2.45) is 5.41 Å². The Hall–Kier alpha value is -1.85. The summed E-state index contributed by atoms with van der Waals surface area (Å²) >= 11 is 0. The number of furan rings is 1. The molecule has 5 nitrogen and oxygen atoms in total. The van der Waals surface area contributed by atoms with Crippen molar-refractivity contribution in [1.82, 2.24) is 4.90 Å². The Bertz CT molecular complexity index is 773. The van der Waals surface area contributed by atoms with Gasteiger partial charge in [-0.05, 0) is 44.0 Å². The van der Waals surface area contributed by atoms with Gasteiger partial charge in [0.1, 0.15) is 11.3 Å². The molecule has 2 aliphatic rings. The average Bonchev–Trinajstić information content (AvgIpc) is 2.98. The second-order valence-corrected chi connectivity index (χ2v) is 7.11. The number of rotatable bonds is 2. The first-order valence-corrected chi connectivity index (χ1v) is 8.54. The van der Waals surface area contributed by atoms with Gasteiger partial charge in [-0.15, -0.1) is 0 Å². The van der Waals surface area contributed by atoms with Crippen molar-refractivity contribution in [2.75, 3.05) is 20.2 Å². The molecule has 5 heteroatoms. The summed E-state index contributed by atoms with van der Waals surface area (Å²) < 4.78 is 11.1. The number of methoxy groups -OCH3 is 1. The third-order valence-corrected chi connectivity index (χ3v) is 5.89. The van der Waals surface area contributed by atoms with Crippen LogP contribution in [0.5, 0.6) is 0 Å². The van der Waals surface area contributed by atoms with E-state index < -0.39 is 0 Å². The highest BCUT2D eigenvalue weighted by Crippen LogP contribution is 2.50. The molecule has 4 rings (SSSR count). The topological polar surface area (TPSA) is 62.9 Å². The first-order chi connectivity index (χ1) is 11.5. The van der Waals surface area contributed by atoms with Crippen LogP contribution in [0.2, 0.25) is 0 Å². The Morgan fingerprint density at radius 3 is 2.75 bits per heavy atom. The first kappa shape index (κ1) is 15.7. The molecule has 1 aromatic heterocycles. The number of fused-ring (bicyclic) bond motifs is 1. The smallest absolute Gasteiger partial charge is 0.253 e. The lowest BCUT2D eigenvalue weighted by Gasteiger charge is -2.56. The molecule has 2 aromatic rings. The van der Waals surface area contributed by atoms with E-state index in [9.17, 15) is 9.90 Å². The minimum absolute atomic E-state index is 0.0494. The molecule has 0 unspecified atom stereocenters. The lowest BCUT2D eigenvalue weighted by atomic mass is 9.58. The van der Waals surface area contributed by atoms with Crippen molar-refractivity contribution in [3.05, 3.63) is 35.6 Å². The number of benzene rings is 1. The van der Waals surface area contributed by atoms with Gasteiger partial charge >= 0.3 is 0 Å². The summed E-state index contributed by atoms with van der Waals surface area (Å²) in [5.74, 6) is 0.896. The summed E-state index contributed by atoms with van der Waals surface area (Å²) in [6.07, 6.45) is 2.12. The molecule has 1 saturated carbocycles. The van der Waals surface area contributed by atoms with Crippen molar-refractivity contribution < 1.29 is 19.1 Å². The van der Waals surface area contributed by atoms with Gasteiger partial charge < -0.3 is 19.2 Å². The Morgan fingerprint density at radius 2 is 2.08 bits per heavy atom. The van der Waals surface area contributed by atoms with E-state index in [-0.39, 0.29) is 23.5 Å². The fourth-order valence-electron chi connectivity index (χ4n) is 4.33. The highest BCUT2D eigenvalue weighted by atomic mass is 16.5. The Labute approximate surface area is 141 Å². The van der Waals surface area contributed by atoms with E-state index in [1.807, 2.05) is 36.1 Å². The zero-order valence-corrected chi connectivity index (χ0v) is 14.1. The molecule has 1 aliphatic carbocycles. The van der Waals surface area contributed by atoms with Gasteiger partial charge in [-0.2, -0.15) is 0 Å². The SMILES string of the molecule is CO[C@H]1C[C@@H](O)C12CCN(C(=O)c1ccc3oc(C)cc3c1)CC2. The maximum Gasteiger partial charge on any atom is 0.253 e. The number of hydrogen-bond acceptors (Lipinski definition) is 4. The number of ether oxygens (including phenoxy) is 1. The van der Waals surface area contributed by atoms with Crippen molar-refractivity contribution >= 4 is 16.9 Å². The third kappa shape index (κ3) is 2.26. The Balaban J connectivity index is 1.49. The van der Waals surface area contributed by atoms with Crippen LogP contribution < -0.4 is 0 Å². The van der Waals surface area contributed by atoms with E-state index in [0.29, 0.717) is 25.1 Å². The lowest BCUT2D eigenvalue weighted by molar-refractivity contribution is -0.199. The molecular weight excluding hydrogens is 306 g/mol. The van der Waals surface area contributed by atoms with E-state index in [1.54, 1.807) is 7.11 Å². The molecule has 0 radical (unpaired) electrons. The normalized spacial score (nSPS) is 25.9. The summed E-state index contributed by atoms with van der Waals surface area (Å²) in [5, 5.41) is 11.2. The fourth-order valence-corrected chi connectivity index (χ4v) is 4.33. The van der Waals surface area contributed by atoms with Crippen molar-refractivity contribution in [1.29, 1.82) is 0 Å². The van der Waals surface area contributed by atoms with E-state index >= 15 is 0 Å². The number of aliphatic hydroxyl groups is 1. The van der Waals surface area contributed by atoms with Crippen LogP contribution in [0.1, 0.15) is 35.4 Å². The number of amides is 1. The predicted molar refractivity (Wildman–Crippen MR) is 89.9 cm³/mol. The lowest BCUT2D eigenvalue weighted by Crippen LogP contribution is -2.62. The number of carbonyl (C=O) groups excluding carboxylic acids is 1. The zero-order chi connectivity index (χ0) is 16.9. The highest BCUT2D eigenvalue weighted by molar-refractivity contribution is 5.97. The highest BCUT2D eigenvalue weighted by Gasteiger charge is 2.56. The van der Waals surface area contributed by atoms with Gasteiger partial charge in [0.05, 0.1) is 12.2 Å². The molecule has 0 bridgehead atoms. The van der Waals surface area contributed by atoms with Crippen LogP contribution in [0.25, 0.3) is 11.0 Å². The van der Waals surface area contributed by atoms with Gasteiger partial charge in [0.25, 0.3) is 5.91 Å². The van der Waals surface area contributed by atoms with Gasteiger partial charge in [0.15, 0.2) is 0 Å². The van der Waals surface area contributed by atoms with Crippen molar-refractivity contribution in [3.63, 3.8) is 0 Å². The number of aryl methyl sites for hydroxylation is 1. The summed E-state index contributed by atoms with van der Waals surface area (Å²) in [6.45, 7) is 3.23. The number of carbonyl (C=O) groups is 1. The largest absolute Gasteiger partial charge is 0.461 e. The number of hydrogen-bond donors (Lipinski definition) is 1. The zero-order valence-electron chi connectivity index (χ0n) is 14.1. The fraction of sp³-hybridized carbons (Fsp3) is 0.526. The molecular formula is C19H23NO4. The monoisotopic (exact) mass is 329 g/mol. The van der Waals surface area contributed by atoms with E-state index in [2.05, 4.69) is 0 Å². The van der Waals surface area contributed by atoms with Gasteiger partial charge in [0, 0.05) is 43.0 Å². The quantitative estimate of drug-likeness (QED) is 0.920. The minimum Gasteiger partial charge on any atom is -0.461 e. The first-order valence-electron chi connectivity index (χ1n) is 8.54. The molecule has 24 heavy (non-hydrogen) atoms. The van der Waals surface area contributed by atoms with E-state index in [0.717, 1.165) is 29.6 Å². The maximum absolute atomic E-state index is 12.8. The molecule has 2 fully saturated rings. The Kier molecular flexibility index (Phi) is 3.66. The summed E-state index contributed by atoms with van der Waals surface area (Å²) in [6, 6.07) is 7.53. The number of piperidine rings is 1. The van der Waals surface area contributed by atoms with Crippen molar-refractivity contribution in [2.45, 2.75) is 38.4 Å². The minimum atomic E-state index is -0.301. The molecule has 2 heterocycles. The van der Waals surface area contributed by atoms with Crippen LogP contribution in [0.3, 0.4) is 0 Å². The van der Waals surface area contributed by atoms with Gasteiger partial charge in [-0.25, -0.2) is 0 Å². The summed E-state index contributed by atoms with van der Waals surface area (Å²) in [5.41, 5.74) is 1.34. The molecule has 2 atom stereocenters. The summed E-state index contributed by atoms with van der Waals surface area (Å²) in [7, 11) is 1.71. The maximum atomic E-state index is 12.8. The van der Waals surface area contributed by atoms with Crippen LogP contribution in [0, 0.1) is 12.3 Å². The molecule has 1 saturated heterocycles. The average molecular weight is 329 g/mol. The Morgan fingerprint density at radius 1 is 1.33 bits per heavy atom. The van der Waals surface area contributed by atoms with Crippen LogP contribution >= 0.6 is 0 Å². The van der Waals surface area contributed by atoms with Gasteiger partial charge in [0.2, 0.25) is 0 Å². The summed E-state index contributed by atoms with van der Waals surface area (Å²) in [4.78, 5) is 14.7. The van der Waals surface area contributed by atoms with Crippen LogP contribution in [-0.2, 0) is 4.74 Å². The molecule has 1 amide bonds. The van der Waals surface area contributed by atoms with Crippen molar-refractivity contribution in [3.8, 4) is 0 Å². The number of likely N-dealkylation sites (tertiary alicyclic amines) is 1. The molecule has 128 valence electrons. The number of nitrogens with zero attached hydrogens (tertiary/aromatic N) is 1. The third-order valence-electron chi connectivity index (χ3n) is 5.89. The molecule has 1 aromatic carbocycles. The molecule has 1 aliphatic heterocycles. The van der Waals surface area contributed by atoms with Gasteiger partial charge in [-0.3, -0.25) is 4.79 Å². The van der Waals surface area contributed by atoms with E-state index in [1.165, 1.54) is 0 Å².